The van der Waals surface area contributed by atoms with E-state index >= 15 is 0 Å². The van der Waals surface area contributed by atoms with Crippen LogP contribution in [0, 0.1) is 0 Å². The van der Waals surface area contributed by atoms with Crippen LogP contribution in [0.15, 0.2) is 35.3 Å². The fourth-order valence-electron chi connectivity index (χ4n) is 1.38. The maximum absolute atomic E-state index is 3.47. The smallest absolute Gasteiger partial charge is 0.0303 e. The second-order valence-electron chi connectivity index (χ2n) is 3.38. The molecule has 0 aliphatic rings. The molecule has 3 heteroatoms. The molecular formula is C11H14N2S. The lowest BCUT2D eigenvalue weighted by molar-refractivity contribution is 0.576. The van der Waals surface area contributed by atoms with Gasteiger partial charge in [-0.3, -0.25) is 0 Å². The van der Waals surface area contributed by atoms with E-state index in [0.29, 0.717) is 6.04 Å². The Labute approximate surface area is 88.0 Å². The van der Waals surface area contributed by atoms with E-state index in [1.54, 1.807) is 11.3 Å². The zero-order valence-electron chi connectivity index (χ0n) is 8.16. The van der Waals surface area contributed by atoms with Crippen molar-refractivity contribution in [2.45, 2.75) is 19.5 Å². The first kappa shape index (κ1) is 9.49. The summed E-state index contributed by atoms with van der Waals surface area (Å²) in [5.74, 6) is 0. The van der Waals surface area contributed by atoms with Crippen molar-refractivity contribution in [1.82, 2.24) is 10.3 Å². The van der Waals surface area contributed by atoms with Gasteiger partial charge in [0, 0.05) is 25.0 Å². The number of thiophene rings is 1. The molecule has 0 amide bonds. The fourth-order valence-corrected chi connectivity index (χ4v) is 2.13. The topological polar surface area (TPSA) is 27.8 Å². The molecule has 1 unspecified atom stereocenters. The van der Waals surface area contributed by atoms with Crippen LogP contribution in [0.25, 0.3) is 0 Å². The van der Waals surface area contributed by atoms with Gasteiger partial charge in [0.15, 0.2) is 0 Å². The van der Waals surface area contributed by atoms with Crippen LogP contribution < -0.4 is 5.32 Å². The van der Waals surface area contributed by atoms with Crippen LogP contribution in [0.1, 0.15) is 24.1 Å². The highest BCUT2D eigenvalue weighted by molar-refractivity contribution is 7.07. The lowest BCUT2D eigenvalue weighted by Gasteiger charge is -2.11. The van der Waals surface area contributed by atoms with Gasteiger partial charge >= 0.3 is 0 Å². The second-order valence-corrected chi connectivity index (χ2v) is 4.16. The third-order valence-corrected chi connectivity index (χ3v) is 3.02. The molecular weight excluding hydrogens is 192 g/mol. The van der Waals surface area contributed by atoms with Crippen molar-refractivity contribution in [1.29, 1.82) is 0 Å². The summed E-state index contributed by atoms with van der Waals surface area (Å²) in [6.07, 6.45) is 3.97. The van der Waals surface area contributed by atoms with E-state index in [2.05, 4.69) is 40.1 Å². The summed E-state index contributed by atoms with van der Waals surface area (Å²) in [5, 5.41) is 7.78. The Kier molecular flexibility index (Phi) is 3.01. The van der Waals surface area contributed by atoms with Crippen molar-refractivity contribution in [2.75, 3.05) is 0 Å². The Morgan fingerprint density at radius 3 is 3.07 bits per heavy atom. The van der Waals surface area contributed by atoms with E-state index in [9.17, 15) is 0 Å². The summed E-state index contributed by atoms with van der Waals surface area (Å²) in [5.41, 5.74) is 2.66. The van der Waals surface area contributed by atoms with Crippen molar-refractivity contribution in [3.05, 3.63) is 46.4 Å². The minimum Gasteiger partial charge on any atom is -0.367 e. The molecule has 0 bridgehead atoms. The number of hydrogen-bond acceptors (Lipinski definition) is 2. The molecule has 0 aromatic carbocycles. The molecule has 0 saturated carbocycles. The summed E-state index contributed by atoms with van der Waals surface area (Å²) in [4.78, 5) is 3.05. The molecule has 2 N–H and O–H groups in total. The quantitative estimate of drug-likeness (QED) is 0.791. The molecule has 2 aromatic heterocycles. The van der Waals surface area contributed by atoms with Crippen molar-refractivity contribution >= 4 is 11.3 Å². The molecule has 2 nitrogen and oxygen atoms in total. The summed E-state index contributed by atoms with van der Waals surface area (Å²) >= 11 is 1.75. The molecule has 0 aliphatic heterocycles. The van der Waals surface area contributed by atoms with Gasteiger partial charge < -0.3 is 10.3 Å². The summed E-state index contributed by atoms with van der Waals surface area (Å²) < 4.78 is 0. The number of aromatic amines is 1. The van der Waals surface area contributed by atoms with E-state index in [4.69, 9.17) is 0 Å². The summed E-state index contributed by atoms with van der Waals surface area (Å²) in [7, 11) is 0. The number of nitrogens with one attached hydrogen (secondary N) is 2. The third-order valence-electron chi connectivity index (χ3n) is 2.32. The zero-order chi connectivity index (χ0) is 9.80. The highest BCUT2D eigenvalue weighted by Crippen LogP contribution is 2.15. The van der Waals surface area contributed by atoms with Gasteiger partial charge in [0.1, 0.15) is 0 Å². The van der Waals surface area contributed by atoms with Gasteiger partial charge in [-0.15, -0.1) is 0 Å². The number of hydrogen-bond donors (Lipinski definition) is 2. The van der Waals surface area contributed by atoms with E-state index in [1.165, 1.54) is 11.1 Å². The maximum atomic E-state index is 3.47. The molecule has 0 radical (unpaired) electrons. The van der Waals surface area contributed by atoms with Gasteiger partial charge in [0.25, 0.3) is 0 Å². The minimum atomic E-state index is 0.427. The van der Waals surface area contributed by atoms with Gasteiger partial charge in [-0.2, -0.15) is 11.3 Å². The first-order chi connectivity index (χ1) is 6.86. The lowest BCUT2D eigenvalue weighted by atomic mass is 10.2. The zero-order valence-corrected chi connectivity index (χ0v) is 8.97. The van der Waals surface area contributed by atoms with Crippen LogP contribution >= 0.6 is 11.3 Å². The normalized spacial score (nSPS) is 12.9. The van der Waals surface area contributed by atoms with Gasteiger partial charge in [-0.25, -0.2) is 0 Å². The Morgan fingerprint density at radius 2 is 2.43 bits per heavy atom. The summed E-state index contributed by atoms with van der Waals surface area (Å²) in [6.45, 7) is 3.11. The SMILES string of the molecule is CC(NCc1cc[nH]c1)c1ccsc1. The van der Waals surface area contributed by atoms with Crippen molar-refractivity contribution in [2.24, 2.45) is 0 Å². The van der Waals surface area contributed by atoms with Gasteiger partial charge in [0.2, 0.25) is 0 Å². The number of rotatable bonds is 4. The molecule has 2 aromatic rings. The van der Waals surface area contributed by atoms with Crippen LogP contribution in [-0.4, -0.2) is 4.98 Å². The first-order valence-corrected chi connectivity index (χ1v) is 5.67. The number of aromatic nitrogens is 1. The maximum Gasteiger partial charge on any atom is 0.0303 e. The van der Waals surface area contributed by atoms with Gasteiger partial charge in [0.05, 0.1) is 0 Å². The number of H-pyrrole nitrogens is 1. The van der Waals surface area contributed by atoms with Crippen LogP contribution in [-0.2, 0) is 6.54 Å². The molecule has 14 heavy (non-hydrogen) atoms. The van der Waals surface area contributed by atoms with E-state index in [1.807, 2.05) is 12.4 Å². The molecule has 1 atom stereocenters. The second kappa shape index (κ2) is 4.44. The Hall–Kier alpha value is -1.06. The molecule has 2 rings (SSSR count). The molecule has 0 fully saturated rings. The third kappa shape index (κ3) is 2.25. The summed E-state index contributed by atoms with van der Waals surface area (Å²) in [6, 6.07) is 4.68. The van der Waals surface area contributed by atoms with Gasteiger partial charge in [-0.1, -0.05) is 0 Å². The van der Waals surface area contributed by atoms with Crippen molar-refractivity contribution in [3.8, 4) is 0 Å². The van der Waals surface area contributed by atoms with Crippen molar-refractivity contribution in [3.63, 3.8) is 0 Å². The largest absolute Gasteiger partial charge is 0.367 e. The lowest BCUT2D eigenvalue weighted by Crippen LogP contribution is -2.17. The molecule has 2 heterocycles. The molecule has 0 saturated heterocycles. The monoisotopic (exact) mass is 206 g/mol. The average Bonchev–Trinajstić information content (AvgIpc) is 2.87. The first-order valence-electron chi connectivity index (χ1n) is 4.73. The predicted molar refractivity (Wildman–Crippen MR) is 60.4 cm³/mol. The van der Waals surface area contributed by atoms with Crippen LogP contribution in [0.2, 0.25) is 0 Å². The molecule has 74 valence electrons. The van der Waals surface area contributed by atoms with E-state index in [-0.39, 0.29) is 0 Å². The van der Waals surface area contributed by atoms with Crippen LogP contribution in [0.5, 0.6) is 0 Å². The molecule has 0 aliphatic carbocycles. The Bertz CT molecular complexity index is 351. The van der Waals surface area contributed by atoms with Crippen LogP contribution in [0.3, 0.4) is 0 Å². The minimum absolute atomic E-state index is 0.427. The Balaban J connectivity index is 1.87. The van der Waals surface area contributed by atoms with Crippen molar-refractivity contribution < 1.29 is 0 Å². The standard InChI is InChI=1S/C11H14N2S/c1-9(11-3-5-14-8-11)13-7-10-2-4-12-6-10/h2-6,8-9,12-13H,7H2,1H3. The highest BCUT2D eigenvalue weighted by Gasteiger charge is 2.04. The predicted octanol–water partition coefficient (Wildman–Crippen LogP) is 2.93. The average molecular weight is 206 g/mol. The highest BCUT2D eigenvalue weighted by atomic mass is 32.1. The van der Waals surface area contributed by atoms with E-state index in [0.717, 1.165) is 6.54 Å². The Morgan fingerprint density at radius 1 is 1.50 bits per heavy atom. The van der Waals surface area contributed by atoms with Crippen LogP contribution in [0.4, 0.5) is 0 Å². The molecule has 0 spiro atoms. The fraction of sp³-hybridized carbons (Fsp3) is 0.273. The van der Waals surface area contributed by atoms with E-state index < -0.39 is 0 Å². The van der Waals surface area contributed by atoms with Gasteiger partial charge in [-0.05, 0) is 40.9 Å².